The van der Waals surface area contributed by atoms with E-state index in [0.29, 0.717) is 106 Å². The third-order valence-corrected chi connectivity index (χ3v) is 5.55. The van der Waals surface area contributed by atoms with Gasteiger partial charge in [-0.05, 0) is 38.0 Å². The molecular weight excluding hydrogens is 639 g/mol. The summed E-state index contributed by atoms with van der Waals surface area (Å²) in [6.07, 6.45) is 4.97. The quantitative estimate of drug-likeness (QED) is 0.0447. The SMILES string of the molecule is CC(C)(C)OC(=O)COCCOCCOCCOCCOCCOCCOCCOCCOCCCCCCI. The van der Waals surface area contributed by atoms with Crippen molar-refractivity contribution in [3.05, 3.63) is 0 Å². The molecule has 0 unspecified atom stereocenters. The number of unbranched alkanes of at least 4 members (excludes halogenated alkanes) is 3. The molecular formula is C28H55IO11. The van der Waals surface area contributed by atoms with Crippen molar-refractivity contribution >= 4 is 28.6 Å². The van der Waals surface area contributed by atoms with Gasteiger partial charge >= 0.3 is 5.97 Å². The third-order valence-electron chi connectivity index (χ3n) is 4.79. The molecule has 0 bridgehead atoms. The summed E-state index contributed by atoms with van der Waals surface area (Å²) in [5.74, 6) is -0.381. The molecule has 0 rings (SSSR count). The Labute approximate surface area is 255 Å². The maximum Gasteiger partial charge on any atom is 0.332 e. The van der Waals surface area contributed by atoms with E-state index < -0.39 is 5.60 Å². The Hall–Kier alpha value is -0.160. The minimum absolute atomic E-state index is 0.0766. The van der Waals surface area contributed by atoms with Gasteiger partial charge in [0.1, 0.15) is 12.2 Å². The van der Waals surface area contributed by atoms with E-state index in [0.717, 1.165) is 13.0 Å². The van der Waals surface area contributed by atoms with Gasteiger partial charge in [-0.3, -0.25) is 0 Å². The lowest BCUT2D eigenvalue weighted by atomic mass is 10.2. The minimum Gasteiger partial charge on any atom is -0.458 e. The standard InChI is InChI=1S/C28H55IO11/c1-28(2,3)40-27(30)26-39-25-24-38-23-22-37-21-20-36-19-18-35-17-16-34-15-14-33-13-12-32-11-10-31-9-7-5-4-6-8-29/h4-26H2,1-3H3. The molecule has 0 heterocycles. The summed E-state index contributed by atoms with van der Waals surface area (Å²) in [6.45, 7) is 14.3. The average Bonchev–Trinajstić information content (AvgIpc) is 2.90. The first-order valence-corrected chi connectivity index (χ1v) is 16.0. The summed E-state index contributed by atoms with van der Waals surface area (Å²) in [6, 6.07) is 0. The molecule has 0 aromatic carbocycles. The number of hydrogen-bond acceptors (Lipinski definition) is 11. The highest BCUT2D eigenvalue weighted by Crippen LogP contribution is 2.06. The van der Waals surface area contributed by atoms with E-state index in [1.165, 1.54) is 23.7 Å². The van der Waals surface area contributed by atoms with E-state index in [1.807, 2.05) is 20.8 Å². The largest absolute Gasteiger partial charge is 0.458 e. The van der Waals surface area contributed by atoms with E-state index in [1.54, 1.807) is 0 Å². The molecule has 0 aromatic rings. The lowest BCUT2D eigenvalue weighted by Gasteiger charge is -2.19. The van der Waals surface area contributed by atoms with Crippen molar-refractivity contribution in [3.63, 3.8) is 0 Å². The smallest absolute Gasteiger partial charge is 0.332 e. The predicted molar refractivity (Wildman–Crippen MR) is 161 cm³/mol. The van der Waals surface area contributed by atoms with Crippen LogP contribution in [0.1, 0.15) is 46.5 Å². The Balaban J connectivity index is 3.09. The van der Waals surface area contributed by atoms with Crippen LogP contribution in [0.15, 0.2) is 0 Å². The van der Waals surface area contributed by atoms with Crippen LogP contribution in [-0.4, -0.2) is 135 Å². The first kappa shape index (κ1) is 39.8. The van der Waals surface area contributed by atoms with E-state index in [-0.39, 0.29) is 12.6 Å². The highest BCUT2D eigenvalue weighted by Gasteiger charge is 2.15. The molecule has 0 saturated heterocycles. The molecule has 0 spiro atoms. The van der Waals surface area contributed by atoms with Crippen LogP contribution in [0.5, 0.6) is 0 Å². The summed E-state index contributed by atoms with van der Waals surface area (Å²) < 4.78 is 55.3. The zero-order valence-electron chi connectivity index (χ0n) is 25.1. The van der Waals surface area contributed by atoms with Gasteiger partial charge in [0.2, 0.25) is 0 Å². The van der Waals surface area contributed by atoms with Crippen LogP contribution in [-0.2, 0) is 52.2 Å². The molecule has 0 fully saturated rings. The van der Waals surface area contributed by atoms with Crippen LogP contribution in [0.25, 0.3) is 0 Å². The number of alkyl halides is 1. The number of halogens is 1. The minimum atomic E-state index is -0.504. The molecule has 0 saturated carbocycles. The topological polar surface area (TPSA) is 109 Å². The normalized spacial score (nSPS) is 11.8. The van der Waals surface area contributed by atoms with Crippen molar-refractivity contribution < 1.29 is 52.2 Å². The molecule has 0 radical (unpaired) electrons. The van der Waals surface area contributed by atoms with Gasteiger partial charge in [0.15, 0.2) is 0 Å². The summed E-state index contributed by atoms with van der Waals surface area (Å²) in [5.41, 5.74) is -0.504. The van der Waals surface area contributed by atoms with Crippen LogP contribution >= 0.6 is 22.6 Å². The lowest BCUT2D eigenvalue weighted by Crippen LogP contribution is -2.27. The second kappa shape index (κ2) is 31.8. The maximum absolute atomic E-state index is 11.5. The Morgan fingerprint density at radius 3 is 1.07 bits per heavy atom. The first-order chi connectivity index (χ1) is 19.5. The summed E-state index contributed by atoms with van der Waals surface area (Å²) >= 11 is 2.42. The highest BCUT2D eigenvalue weighted by atomic mass is 127. The van der Waals surface area contributed by atoms with Crippen molar-refractivity contribution in [2.45, 2.75) is 52.1 Å². The highest BCUT2D eigenvalue weighted by molar-refractivity contribution is 14.1. The fourth-order valence-corrected chi connectivity index (χ4v) is 3.48. The van der Waals surface area contributed by atoms with E-state index in [4.69, 9.17) is 47.4 Å². The van der Waals surface area contributed by atoms with Gasteiger partial charge < -0.3 is 47.4 Å². The number of esters is 1. The average molecular weight is 695 g/mol. The van der Waals surface area contributed by atoms with Gasteiger partial charge in [0, 0.05) is 6.61 Å². The maximum atomic E-state index is 11.5. The van der Waals surface area contributed by atoms with E-state index in [9.17, 15) is 4.79 Å². The van der Waals surface area contributed by atoms with Crippen molar-refractivity contribution in [1.82, 2.24) is 0 Å². The van der Waals surface area contributed by atoms with Crippen LogP contribution < -0.4 is 0 Å². The Bertz CT molecular complexity index is 521. The van der Waals surface area contributed by atoms with Gasteiger partial charge in [-0.1, -0.05) is 35.4 Å². The summed E-state index contributed by atoms with van der Waals surface area (Å²) in [4.78, 5) is 11.5. The van der Waals surface area contributed by atoms with Crippen molar-refractivity contribution in [3.8, 4) is 0 Å². The predicted octanol–water partition coefficient (Wildman–Crippen LogP) is 3.47. The first-order valence-electron chi connectivity index (χ1n) is 14.4. The van der Waals surface area contributed by atoms with Crippen LogP contribution in [0.4, 0.5) is 0 Å². The molecule has 0 amide bonds. The number of hydrogen-bond donors (Lipinski definition) is 0. The fourth-order valence-electron chi connectivity index (χ4n) is 2.94. The second-order valence-corrected chi connectivity index (χ2v) is 10.7. The second-order valence-electron chi connectivity index (χ2n) is 9.64. The fraction of sp³-hybridized carbons (Fsp3) is 0.964. The molecule has 0 N–H and O–H groups in total. The molecule has 12 heteroatoms. The van der Waals surface area contributed by atoms with E-state index in [2.05, 4.69) is 22.6 Å². The molecule has 0 aliphatic heterocycles. The van der Waals surface area contributed by atoms with Crippen molar-refractivity contribution in [1.29, 1.82) is 0 Å². The van der Waals surface area contributed by atoms with Gasteiger partial charge in [0.25, 0.3) is 0 Å². The van der Waals surface area contributed by atoms with Gasteiger partial charge in [-0.25, -0.2) is 4.79 Å². The zero-order valence-corrected chi connectivity index (χ0v) is 27.3. The Morgan fingerprint density at radius 2 is 0.750 bits per heavy atom. The number of rotatable bonds is 32. The summed E-state index contributed by atoms with van der Waals surface area (Å²) in [5, 5.41) is 0. The molecule has 0 aliphatic carbocycles. The number of carbonyl (C=O) groups is 1. The zero-order chi connectivity index (χ0) is 29.4. The number of ether oxygens (including phenoxy) is 10. The lowest BCUT2D eigenvalue weighted by molar-refractivity contribution is -0.160. The third kappa shape index (κ3) is 35.9. The molecule has 11 nitrogen and oxygen atoms in total. The summed E-state index contributed by atoms with van der Waals surface area (Å²) in [7, 11) is 0. The monoisotopic (exact) mass is 694 g/mol. The van der Waals surface area contributed by atoms with Gasteiger partial charge in [0.05, 0.1) is 106 Å². The van der Waals surface area contributed by atoms with Gasteiger partial charge in [-0.15, -0.1) is 0 Å². The van der Waals surface area contributed by atoms with Gasteiger partial charge in [-0.2, -0.15) is 0 Å². The van der Waals surface area contributed by atoms with Crippen LogP contribution in [0.2, 0.25) is 0 Å². The molecule has 0 aliphatic rings. The Kier molecular flexibility index (Phi) is 31.6. The van der Waals surface area contributed by atoms with Crippen molar-refractivity contribution in [2.75, 3.05) is 123 Å². The van der Waals surface area contributed by atoms with Crippen molar-refractivity contribution in [2.24, 2.45) is 0 Å². The van der Waals surface area contributed by atoms with Crippen LogP contribution in [0, 0.1) is 0 Å². The molecule has 0 aromatic heterocycles. The molecule has 240 valence electrons. The molecule has 0 atom stereocenters. The number of carbonyl (C=O) groups excluding carboxylic acids is 1. The van der Waals surface area contributed by atoms with E-state index >= 15 is 0 Å². The van der Waals surface area contributed by atoms with Crippen LogP contribution in [0.3, 0.4) is 0 Å². The Morgan fingerprint density at radius 1 is 0.450 bits per heavy atom. The molecule has 40 heavy (non-hydrogen) atoms.